The molecule has 1 aromatic heterocycles. The number of carbonyl (C=O) groups is 1. The van der Waals surface area contributed by atoms with Crippen molar-refractivity contribution < 1.29 is 13.2 Å². The van der Waals surface area contributed by atoms with Crippen molar-refractivity contribution in [3.05, 3.63) is 54.1 Å². The molecule has 20 heavy (non-hydrogen) atoms. The first-order chi connectivity index (χ1) is 9.47. The van der Waals surface area contributed by atoms with Gasteiger partial charge >= 0.3 is 0 Å². The van der Waals surface area contributed by atoms with Gasteiger partial charge in [0.25, 0.3) is 5.91 Å². The maximum absolute atomic E-state index is 11.8. The molecule has 7 nitrogen and oxygen atoms in total. The van der Waals surface area contributed by atoms with Gasteiger partial charge in [0.1, 0.15) is 6.33 Å². The van der Waals surface area contributed by atoms with E-state index in [0.717, 1.165) is 0 Å². The van der Waals surface area contributed by atoms with Gasteiger partial charge < -0.3 is 5.32 Å². The first kappa shape index (κ1) is 14.1. The Balaban J connectivity index is 2.07. The minimum Gasteiger partial charge on any atom is -0.348 e. The molecule has 2 aromatic rings. The molecule has 0 bridgehead atoms. The van der Waals surface area contributed by atoms with Crippen molar-refractivity contribution in [3.8, 4) is 0 Å². The lowest BCUT2D eigenvalue weighted by atomic mass is 10.2. The lowest BCUT2D eigenvalue weighted by molar-refractivity contribution is 0.0950. The predicted molar refractivity (Wildman–Crippen MR) is 71.0 cm³/mol. The van der Waals surface area contributed by atoms with Crippen LogP contribution in [0.3, 0.4) is 0 Å². The van der Waals surface area contributed by atoms with Gasteiger partial charge in [-0.1, -0.05) is 12.1 Å². The fourth-order valence-corrected chi connectivity index (χ4v) is 2.12. The zero-order valence-corrected chi connectivity index (χ0v) is 11.2. The fourth-order valence-electron chi connectivity index (χ4n) is 1.53. The smallest absolute Gasteiger partial charge is 0.254 e. The highest BCUT2D eigenvalue weighted by Gasteiger charge is 2.09. The molecule has 0 radical (unpaired) electrons. The highest BCUT2D eigenvalue weighted by molar-refractivity contribution is 7.89. The summed E-state index contributed by atoms with van der Waals surface area (Å²) in [5, 5.41) is 7.68. The second kappa shape index (κ2) is 5.76. The summed E-state index contributed by atoms with van der Waals surface area (Å²) in [6.07, 6.45) is 4.11. The van der Waals surface area contributed by atoms with Crippen molar-refractivity contribution in [2.75, 3.05) is 0 Å². The van der Waals surface area contributed by atoms with E-state index in [9.17, 15) is 13.2 Å². The molecule has 0 atom stereocenters. The number of primary sulfonamides is 1. The van der Waals surface area contributed by atoms with Crippen LogP contribution in [-0.2, 0) is 16.6 Å². The largest absolute Gasteiger partial charge is 0.348 e. The van der Waals surface area contributed by atoms with E-state index in [1.54, 1.807) is 12.1 Å². The third-order valence-electron chi connectivity index (χ3n) is 2.50. The predicted octanol–water partition coefficient (Wildman–Crippen LogP) is 0.0540. The van der Waals surface area contributed by atoms with Crippen LogP contribution < -0.4 is 10.5 Å². The molecule has 0 saturated carbocycles. The summed E-state index contributed by atoms with van der Waals surface area (Å²) < 4.78 is 22.4. The Kier molecular flexibility index (Phi) is 4.06. The Morgan fingerprint density at radius 2 is 1.95 bits per heavy atom. The summed E-state index contributed by atoms with van der Waals surface area (Å²) in [7, 11) is -3.75. The highest BCUT2D eigenvalue weighted by Crippen LogP contribution is 2.09. The van der Waals surface area contributed by atoms with E-state index in [1.165, 1.54) is 30.9 Å². The zero-order valence-electron chi connectivity index (χ0n) is 10.4. The van der Waals surface area contributed by atoms with Crippen molar-refractivity contribution in [1.82, 2.24) is 15.3 Å². The molecule has 0 aliphatic carbocycles. The third kappa shape index (κ3) is 3.59. The zero-order chi connectivity index (χ0) is 14.6. The average molecular weight is 292 g/mol. The molecule has 2 rings (SSSR count). The highest BCUT2D eigenvalue weighted by atomic mass is 32.2. The second-order valence-corrected chi connectivity index (χ2v) is 5.56. The topological polar surface area (TPSA) is 115 Å². The van der Waals surface area contributed by atoms with Crippen LogP contribution in [0, 0.1) is 0 Å². The van der Waals surface area contributed by atoms with Crippen LogP contribution in [0.2, 0.25) is 0 Å². The van der Waals surface area contributed by atoms with E-state index in [2.05, 4.69) is 15.3 Å². The molecule has 8 heteroatoms. The van der Waals surface area contributed by atoms with Crippen molar-refractivity contribution >= 4 is 15.9 Å². The Morgan fingerprint density at radius 1 is 1.25 bits per heavy atom. The molecule has 0 fully saturated rings. The van der Waals surface area contributed by atoms with Gasteiger partial charge in [0.2, 0.25) is 10.0 Å². The molecule has 1 aromatic carbocycles. The number of sulfonamides is 1. The van der Waals surface area contributed by atoms with Gasteiger partial charge in [-0.2, -0.15) is 0 Å². The molecule has 0 aliphatic rings. The lowest BCUT2D eigenvalue weighted by Gasteiger charge is -2.06. The Morgan fingerprint density at radius 3 is 2.60 bits per heavy atom. The van der Waals surface area contributed by atoms with Crippen LogP contribution in [0.25, 0.3) is 0 Å². The molecule has 0 aliphatic heterocycles. The van der Waals surface area contributed by atoms with Crippen LogP contribution >= 0.6 is 0 Å². The van der Waals surface area contributed by atoms with Crippen molar-refractivity contribution in [1.29, 1.82) is 0 Å². The quantitative estimate of drug-likeness (QED) is 0.826. The minimum absolute atomic E-state index is 0.00675. The van der Waals surface area contributed by atoms with Gasteiger partial charge in [0.05, 0.1) is 10.5 Å². The fraction of sp³-hybridized carbons (Fsp3) is 0.0833. The number of benzene rings is 1. The van der Waals surface area contributed by atoms with E-state index in [-0.39, 0.29) is 17.3 Å². The van der Waals surface area contributed by atoms with Crippen LogP contribution in [0.5, 0.6) is 0 Å². The van der Waals surface area contributed by atoms with Crippen molar-refractivity contribution in [2.24, 2.45) is 5.14 Å². The minimum atomic E-state index is -3.75. The summed E-state index contributed by atoms with van der Waals surface area (Å²) >= 11 is 0. The number of nitrogens with two attached hydrogens (primary N) is 1. The van der Waals surface area contributed by atoms with E-state index in [0.29, 0.717) is 11.1 Å². The summed E-state index contributed by atoms with van der Waals surface area (Å²) in [4.78, 5) is 19.3. The number of hydrogen-bond donors (Lipinski definition) is 2. The van der Waals surface area contributed by atoms with E-state index >= 15 is 0 Å². The number of nitrogens with zero attached hydrogens (tertiary/aromatic N) is 2. The summed E-state index contributed by atoms with van der Waals surface area (Å²) in [6.45, 7) is 0.178. The number of hydrogen-bond acceptors (Lipinski definition) is 5. The van der Waals surface area contributed by atoms with Gasteiger partial charge in [-0.3, -0.25) is 4.79 Å². The number of nitrogens with one attached hydrogen (secondary N) is 1. The summed E-state index contributed by atoms with van der Waals surface area (Å²) in [6, 6.07) is 6.06. The molecule has 0 unspecified atom stereocenters. The number of rotatable bonds is 4. The number of amides is 1. The van der Waals surface area contributed by atoms with Crippen LogP contribution in [0.15, 0.2) is 47.9 Å². The standard InChI is InChI=1S/C12H12N4O3S/c13-20(18,19)11-3-1-2-9(4-11)5-16-12(17)10-6-14-8-15-7-10/h1-4,6-8H,5H2,(H,16,17)(H2,13,18,19). The second-order valence-electron chi connectivity index (χ2n) is 4.00. The maximum Gasteiger partial charge on any atom is 0.254 e. The Bertz CT molecular complexity index is 716. The Hall–Kier alpha value is -2.32. The normalized spacial score (nSPS) is 11.1. The van der Waals surface area contributed by atoms with Gasteiger partial charge in [-0.05, 0) is 17.7 Å². The lowest BCUT2D eigenvalue weighted by Crippen LogP contribution is -2.23. The summed E-state index contributed by atoms with van der Waals surface area (Å²) in [5.41, 5.74) is 0.955. The molecule has 104 valence electrons. The first-order valence-electron chi connectivity index (χ1n) is 5.62. The third-order valence-corrected chi connectivity index (χ3v) is 3.41. The molecule has 3 N–H and O–H groups in total. The van der Waals surface area contributed by atoms with E-state index < -0.39 is 10.0 Å². The molecule has 0 saturated heterocycles. The number of aromatic nitrogens is 2. The van der Waals surface area contributed by atoms with E-state index in [1.807, 2.05) is 0 Å². The molecular weight excluding hydrogens is 280 g/mol. The summed E-state index contributed by atoms with van der Waals surface area (Å²) in [5.74, 6) is -0.341. The van der Waals surface area contributed by atoms with Crippen LogP contribution in [0.4, 0.5) is 0 Å². The van der Waals surface area contributed by atoms with Crippen molar-refractivity contribution in [3.63, 3.8) is 0 Å². The van der Waals surface area contributed by atoms with Gasteiger partial charge in [-0.15, -0.1) is 0 Å². The average Bonchev–Trinajstić information content (AvgIpc) is 2.45. The first-order valence-corrected chi connectivity index (χ1v) is 7.16. The van der Waals surface area contributed by atoms with Gasteiger partial charge in [0, 0.05) is 18.9 Å². The van der Waals surface area contributed by atoms with Crippen LogP contribution in [0.1, 0.15) is 15.9 Å². The molecule has 1 heterocycles. The van der Waals surface area contributed by atoms with Gasteiger partial charge in [0.15, 0.2) is 0 Å². The molecular formula is C12H12N4O3S. The van der Waals surface area contributed by atoms with E-state index in [4.69, 9.17) is 5.14 Å². The maximum atomic E-state index is 11.8. The number of carbonyl (C=O) groups excluding carboxylic acids is 1. The van der Waals surface area contributed by atoms with Gasteiger partial charge in [-0.25, -0.2) is 23.5 Å². The monoisotopic (exact) mass is 292 g/mol. The van der Waals surface area contributed by atoms with Crippen LogP contribution in [-0.4, -0.2) is 24.3 Å². The SMILES string of the molecule is NS(=O)(=O)c1cccc(CNC(=O)c2cncnc2)c1. The molecule has 1 amide bonds. The Labute approximate surface area is 115 Å². The van der Waals surface area contributed by atoms with Crippen molar-refractivity contribution in [2.45, 2.75) is 11.4 Å². The molecule has 0 spiro atoms.